The molecule has 0 radical (unpaired) electrons. The van der Waals surface area contributed by atoms with Gasteiger partial charge in [0.1, 0.15) is 6.04 Å². The molecule has 108 valence electrons. The van der Waals surface area contributed by atoms with E-state index in [1.165, 1.54) is 6.92 Å². The van der Waals surface area contributed by atoms with E-state index in [4.69, 9.17) is 5.11 Å². The fourth-order valence-electron chi connectivity index (χ4n) is 2.00. The molecule has 2 aromatic rings. The molecular weight excluding hydrogens is 280 g/mol. The number of benzene rings is 1. The molecule has 1 heterocycles. The predicted molar refractivity (Wildman–Crippen MR) is 76.0 cm³/mol. The number of carboxylic acid groups (broad SMARTS) is 1. The van der Waals surface area contributed by atoms with E-state index in [9.17, 15) is 13.2 Å². The normalized spacial score (nSPS) is 13.4. The summed E-state index contributed by atoms with van der Waals surface area (Å²) >= 11 is 0. The number of aliphatic carboxylic acids is 1. The largest absolute Gasteiger partial charge is 0.480 e. The number of carbonyl (C=O) groups is 1. The maximum Gasteiger partial charge on any atom is 0.322 e. The minimum Gasteiger partial charge on any atom is -0.480 e. The summed E-state index contributed by atoms with van der Waals surface area (Å²) < 4.78 is 25.3. The molecule has 0 saturated carbocycles. The minimum atomic E-state index is -3.56. The van der Waals surface area contributed by atoms with Crippen molar-refractivity contribution in [3.05, 3.63) is 36.0 Å². The van der Waals surface area contributed by atoms with Crippen LogP contribution in [0.25, 0.3) is 10.9 Å². The summed E-state index contributed by atoms with van der Waals surface area (Å²) in [7, 11) is -3.56. The Labute approximate surface area is 116 Å². The summed E-state index contributed by atoms with van der Waals surface area (Å²) in [4.78, 5) is 14.3. The summed E-state index contributed by atoms with van der Waals surface area (Å²) in [6.07, 6.45) is 1.80. The molecule has 0 amide bonds. The van der Waals surface area contributed by atoms with Crippen LogP contribution in [0.1, 0.15) is 12.5 Å². The van der Waals surface area contributed by atoms with Gasteiger partial charge in [-0.1, -0.05) is 18.2 Å². The zero-order valence-electron chi connectivity index (χ0n) is 11.0. The highest BCUT2D eigenvalue weighted by Gasteiger charge is 2.24. The van der Waals surface area contributed by atoms with Gasteiger partial charge in [0.2, 0.25) is 10.0 Å². The first-order valence-corrected chi connectivity index (χ1v) is 7.86. The van der Waals surface area contributed by atoms with Crippen LogP contribution in [0, 0.1) is 0 Å². The van der Waals surface area contributed by atoms with E-state index >= 15 is 0 Å². The Bertz CT molecular complexity index is 721. The van der Waals surface area contributed by atoms with Crippen molar-refractivity contribution in [1.82, 2.24) is 9.71 Å². The molecule has 7 heteroatoms. The lowest BCUT2D eigenvalue weighted by Crippen LogP contribution is -2.42. The standard InChI is InChI=1S/C13H16N2O4S/c1-2-20(18,19)15-12(13(16)17)7-9-8-14-11-6-4-3-5-10(9)11/h3-6,8,12,14-15H,2,7H2,1H3,(H,16,17)/t12-/m1/s1. The number of rotatable bonds is 6. The Hall–Kier alpha value is -1.86. The lowest BCUT2D eigenvalue weighted by Gasteiger charge is -2.13. The third-order valence-electron chi connectivity index (χ3n) is 3.10. The molecule has 0 saturated heterocycles. The molecule has 0 spiro atoms. The predicted octanol–water partition coefficient (Wildman–Crippen LogP) is 1.10. The van der Waals surface area contributed by atoms with Crippen molar-refractivity contribution in [2.24, 2.45) is 0 Å². The fourth-order valence-corrected chi connectivity index (χ4v) is 2.78. The summed E-state index contributed by atoms with van der Waals surface area (Å²) in [6.45, 7) is 1.47. The first kappa shape index (κ1) is 14.5. The third kappa shape index (κ3) is 3.17. The fraction of sp³-hybridized carbons (Fsp3) is 0.308. The number of hydrogen-bond acceptors (Lipinski definition) is 3. The molecular formula is C13H16N2O4S. The van der Waals surface area contributed by atoms with E-state index in [2.05, 4.69) is 9.71 Å². The van der Waals surface area contributed by atoms with Crippen LogP contribution < -0.4 is 4.72 Å². The number of carboxylic acids is 1. The monoisotopic (exact) mass is 296 g/mol. The average Bonchev–Trinajstić information content (AvgIpc) is 2.81. The summed E-state index contributed by atoms with van der Waals surface area (Å²) in [5.41, 5.74) is 1.66. The Morgan fingerprint density at radius 3 is 2.75 bits per heavy atom. The van der Waals surface area contributed by atoms with E-state index in [1.807, 2.05) is 24.3 Å². The molecule has 2 rings (SSSR count). The minimum absolute atomic E-state index is 0.0958. The number of aromatic amines is 1. The van der Waals surface area contributed by atoms with Crippen LogP contribution in [-0.2, 0) is 21.2 Å². The Balaban J connectivity index is 2.27. The highest BCUT2D eigenvalue weighted by Crippen LogP contribution is 2.19. The van der Waals surface area contributed by atoms with Gasteiger partial charge in [-0.25, -0.2) is 13.1 Å². The van der Waals surface area contributed by atoms with Gasteiger partial charge in [-0.05, 0) is 18.6 Å². The number of sulfonamides is 1. The SMILES string of the molecule is CCS(=O)(=O)N[C@H](Cc1c[nH]c2ccccc12)C(=O)O. The van der Waals surface area contributed by atoms with Gasteiger partial charge in [-0.15, -0.1) is 0 Å². The number of para-hydroxylation sites is 1. The maximum atomic E-state index is 11.5. The zero-order valence-corrected chi connectivity index (χ0v) is 11.8. The molecule has 0 bridgehead atoms. The second-order valence-corrected chi connectivity index (χ2v) is 6.52. The lowest BCUT2D eigenvalue weighted by molar-refractivity contribution is -0.138. The van der Waals surface area contributed by atoms with Crippen LogP contribution >= 0.6 is 0 Å². The zero-order chi connectivity index (χ0) is 14.8. The topological polar surface area (TPSA) is 99.3 Å². The molecule has 20 heavy (non-hydrogen) atoms. The van der Waals surface area contributed by atoms with Crippen molar-refractivity contribution in [2.45, 2.75) is 19.4 Å². The van der Waals surface area contributed by atoms with Gasteiger partial charge in [-0.2, -0.15) is 0 Å². The Kier molecular flexibility index (Phi) is 4.10. The number of aromatic nitrogens is 1. The van der Waals surface area contributed by atoms with Gasteiger partial charge in [0.05, 0.1) is 5.75 Å². The first-order valence-electron chi connectivity index (χ1n) is 6.20. The molecule has 1 aromatic carbocycles. The number of H-pyrrole nitrogens is 1. The summed E-state index contributed by atoms with van der Waals surface area (Å²) in [6, 6.07) is 6.31. The molecule has 6 nitrogen and oxygen atoms in total. The van der Waals surface area contributed by atoms with Crippen LogP contribution in [0.15, 0.2) is 30.5 Å². The smallest absolute Gasteiger partial charge is 0.322 e. The van der Waals surface area contributed by atoms with E-state index in [1.54, 1.807) is 6.20 Å². The third-order valence-corrected chi connectivity index (χ3v) is 4.50. The molecule has 1 atom stereocenters. The summed E-state index contributed by atoms with van der Waals surface area (Å²) in [5.74, 6) is -1.34. The van der Waals surface area contributed by atoms with Crippen LogP contribution in [0.3, 0.4) is 0 Å². The van der Waals surface area contributed by atoms with Crippen LogP contribution in [0.4, 0.5) is 0 Å². The van der Waals surface area contributed by atoms with Crippen molar-refractivity contribution in [1.29, 1.82) is 0 Å². The molecule has 0 aliphatic heterocycles. The number of hydrogen-bond donors (Lipinski definition) is 3. The van der Waals surface area contributed by atoms with Gasteiger partial charge in [0, 0.05) is 23.5 Å². The quantitative estimate of drug-likeness (QED) is 0.743. The van der Waals surface area contributed by atoms with Crippen molar-refractivity contribution >= 4 is 26.9 Å². The second kappa shape index (κ2) is 5.64. The van der Waals surface area contributed by atoms with Gasteiger partial charge >= 0.3 is 5.97 Å². The molecule has 3 N–H and O–H groups in total. The highest BCUT2D eigenvalue weighted by atomic mass is 32.2. The average molecular weight is 296 g/mol. The van der Waals surface area contributed by atoms with Crippen molar-refractivity contribution in [3.63, 3.8) is 0 Å². The van der Waals surface area contributed by atoms with Gasteiger partial charge < -0.3 is 10.1 Å². The molecule has 0 fully saturated rings. The molecule has 0 aliphatic carbocycles. The van der Waals surface area contributed by atoms with Gasteiger partial charge in [0.15, 0.2) is 0 Å². The van der Waals surface area contributed by atoms with Crippen molar-refractivity contribution in [3.8, 4) is 0 Å². The summed E-state index contributed by atoms with van der Waals surface area (Å²) in [5, 5.41) is 10.1. The molecule has 0 aliphatic rings. The molecule has 1 aromatic heterocycles. The Morgan fingerprint density at radius 2 is 2.10 bits per heavy atom. The van der Waals surface area contributed by atoms with E-state index in [-0.39, 0.29) is 12.2 Å². The van der Waals surface area contributed by atoms with Crippen LogP contribution in [-0.4, -0.2) is 36.3 Å². The number of fused-ring (bicyclic) bond motifs is 1. The van der Waals surface area contributed by atoms with Crippen molar-refractivity contribution < 1.29 is 18.3 Å². The van der Waals surface area contributed by atoms with Gasteiger partial charge in [-0.3, -0.25) is 4.79 Å². The Morgan fingerprint density at radius 1 is 1.40 bits per heavy atom. The van der Waals surface area contributed by atoms with Crippen LogP contribution in [0.2, 0.25) is 0 Å². The van der Waals surface area contributed by atoms with E-state index in [0.29, 0.717) is 0 Å². The lowest BCUT2D eigenvalue weighted by atomic mass is 10.1. The number of nitrogens with one attached hydrogen (secondary N) is 2. The van der Waals surface area contributed by atoms with Crippen molar-refractivity contribution in [2.75, 3.05) is 5.75 Å². The maximum absolute atomic E-state index is 11.5. The first-order chi connectivity index (χ1) is 9.43. The van der Waals surface area contributed by atoms with E-state index in [0.717, 1.165) is 16.5 Å². The van der Waals surface area contributed by atoms with Crippen LogP contribution in [0.5, 0.6) is 0 Å². The van der Waals surface area contributed by atoms with E-state index < -0.39 is 22.0 Å². The van der Waals surface area contributed by atoms with Gasteiger partial charge in [0.25, 0.3) is 0 Å². The molecule has 0 unspecified atom stereocenters. The highest BCUT2D eigenvalue weighted by molar-refractivity contribution is 7.89. The second-order valence-electron chi connectivity index (χ2n) is 4.48.